The van der Waals surface area contributed by atoms with E-state index in [-0.39, 0.29) is 30.6 Å². The third kappa shape index (κ3) is 5.91. The van der Waals surface area contributed by atoms with Crippen molar-refractivity contribution in [3.05, 3.63) is 54.6 Å². The molecule has 3 aromatic rings. The number of hydrogen-bond acceptors (Lipinski definition) is 8. The van der Waals surface area contributed by atoms with Crippen molar-refractivity contribution in [2.75, 3.05) is 34.9 Å². The Labute approximate surface area is 204 Å². The summed E-state index contributed by atoms with van der Waals surface area (Å²) < 4.78 is 5.88. The number of nitrogens with one attached hydrogen (secondary N) is 2. The number of ether oxygens (including phenoxy) is 1. The molecule has 1 atom stereocenters. The fourth-order valence-corrected chi connectivity index (χ4v) is 5.22. The van der Waals surface area contributed by atoms with Crippen molar-refractivity contribution in [3.8, 4) is 5.75 Å². The van der Waals surface area contributed by atoms with E-state index in [1.807, 2.05) is 42.5 Å². The lowest BCUT2D eigenvalue weighted by Crippen LogP contribution is -2.28. The number of methoxy groups -OCH3 is 1. The van der Waals surface area contributed by atoms with E-state index in [0.717, 1.165) is 5.69 Å². The normalized spacial score (nSPS) is 15.3. The monoisotopic (exact) mass is 497 g/mol. The van der Waals surface area contributed by atoms with E-state index < -0.39 is 5.92 Å². The number of carbonyl (C=O) groups is 3. The largest absolute Gasteiger partial charge is 0.495 e. The van der Waals surface area contributed by atoms with Crippen LogP contribution in [-0.2, 0) is 14.4 Å². The lowest BCUT2D eigenvalue weighted by atomic mass is 10.1. The molecule has 1 aliphatic heterocycles. The van der Waals surface area contributed by atoms with E-state index in [2.05, 4.69) is 20.8 Å². The van der Waals surface area contributed by atoms with Crippen molar-refractivity contribution in [3.63, 3.8) is 0 Å². The number of thioether (sulfide) groups is 1. The van der Waals surface area contributed by atoms with Crippen LogP contribution in [0.3, 0.4) is 0 Å². The van der Waals surface area contributed by atoms with Crippen LogP contribution in [0.4, 0.5) is 16.5 Å². The van der Waals surface area contributed by atoms with E-state index >= 15 is 0 Å². The number of carbonyl (C=O) groups excluding carboxylic acids is 3. The molecule has 1 aromatic heterocycles. The van der Waals surface area contributed by atoms with Crippen LogP contribution >= 0.6 is 23.1 Å². The average Bonchev–Trinajstić information content (AvgIpc) is 3.46. The lowest BCUT2D eigenvalue weighted by molar-refractivity contribution is -0.122. The first-order valence-corrected chi connectivity index (χ1v) is 12.4. The highest BCUT2D eigenvalue weighted by Gasteiger charge is 2.35. The van der Waals surface area contributed by atoms with E-state index in [0.29, 0.717) is 33.2 Å². The number of benzene rings is 2. The van der Waals surface area contributed by atoms with Gasteiger partial charge in [0.15, 0.2) is 4.34 Å². The van der Waals surface area contributed by atoms with E-state index in [1.54, 1.807) is 24.1 Å². The van der Waals surface area contributed by atoms with Crippen LogP contribution in [0.1, 0.15) is 12.8 Å². The Morgan fingerprint density at radius 2 is 1.88 bits per heavy atom. The maximum Gasteiger partial charge on any atom is 0.231 e. The molecule has 0 bridgehead atoms. The molecular formula is C23H23N5O4S2. The molecular weight excluding hydrogens is 474 g/mol. The lowest BCUT2D eigenvalue weighted by Gasteiger charge is -2.16. The van der Waals surface area contributed by atoms with Crippen molar-refractivity contribution in [2.45, 2.75) is 17.2 Å². The number of nitrogens with zero attached hydrogens (tertiary/aromatic N) is 3. The number of para-hydroxylation sites is 3. The van der Waals surface area contributed by atoms with Gasteiger partial charge >= 0.3 is 0 Å². The molecule has 0 aliphatic carbocycles. The zero-order valence-electron chi connectivity index (χ0n) is 18.4. The summed E-state index contributed by atoms with van der Waals surface area (Å²) in [4.78, 5) is 38.9. The number of anilines is 3. The van der Waals surface area contributed by atoms with Crippen LogP contribution in [0.2, 0.25) is 0 Å². The highest BCUT2D eigenvalue weighted by atomic mass is 32.2. The molecule has 2 aromatic carbocycles. The highest BCUT2D eigenvalue weighted by Crippen LogP contribution is 2.29. The van der Waals surface area contributed by atoms with E-state index in [9.17, 15) is 14.4 Å². The second-order valence-electron chi connectivity index (χ2n) is 7.45. The molecule has 1 fully saturated rings. The molecule has 1 unspecified atom stereocenters. The van der Waals surface area contributed by atoms with Gasteiger partial charge in [-0.3, -0.25) is 14.4 Å². The molecule has 2 heterocycles. The topological polar surface area (TPSA) is 114 Å². The second kappa shape index (κ2) is 11.1. The fourth-order valence-electron chi connectivity index (χ4n) is 3.46. The van der Waals surface area contributed by atoms with Gasteiger partial charge in [-0.1, -0.05) is 53.4 Å². The van der Waals surface area contributed by atoms with E-state index in [4.69, 9.17) is 4.74 Å². The Balaban J connectivity index is 1.23. The Kier molecular flexibility index (Phi) is 7.76. The van der Waals surface area contributed by atoms with Gasteiger partial charge in [0.2, 0.25) is 22.9 Å². The second-order valence-corrected chi connectivity index (χ2v) is 9.77. The summed E-state index contributed by atoms with van der Waals surface area (Å²) in [5, 5.41) is 14.0. The number of hydrogen-bond donors (Lipinski definition) is 2. The van der Waals surface area contributed by atoms with Crippen molar-refractivity contribution >= 4 is 57.3 Å². The molecule has 1 aliphatic rings. The molecule has 11 heteroatoms. The van der Waals surface area contributed by atoms with Crippen LogP contribution in [-0.4, -0.2) is 47.3 Å². The summed E-state index contributed by atoms with van der Waals surface area (Å²) in [5.74, 6) is 0.188. The molecule has 176 valence electrons. The Morgan fingerprint density at radius 3 is 2.68 bits per heavy atom. The van der Waals surface area contributed by atoms with Gasteiger partial charge in [0.05, 0.1) is 18.7 Å². The molecule has 0 spiro atoms. The molecule has 0 radical (unpaired) electrons. The van der Waals surface area contributed by atoms with Crippen LogP contribution in [0.5, 0.6) is 5.75 Å². The molecule has 0 saturated carbocycles. The Bertz CT molecular complexity index is 1170. The van der Waals surface area contributed by atoms with Crippen molar-refractivity contribution < 1.29 is 19.1 Å². The minimum absolute atomic E-state index is 0.0775. The van der Waals surface area contributed by atoms with Gasteiger partial charge in [-0.2, -0.15) is 0 Å². The first-order chi connectivity index (χ1) is 16.5. The highest BCUT2D eigenvalue weighted by molar-refractivity contribution is 8.01. The quantitative estimate of drug-likeness (QED) is 0.343. The molecule has 3 amide bonds. The van der Waals surface area contributed by atoms with Crippen molar-refractivity contribution in [1.29, 1.82) is 0 Å². The smallest absolute Gasteiger partial charge is 0.231 e. The first-order valence-electron chi connectivity index (χ1n) is 10.6. The summed E-state index contributed by atoms with van der Waals surface area (Å²) >= 11 is 2.62. The first kappa shape index (κ1) is 23.7. The van der Waals surface area contributed by atoms with Gasteiger partial charge < -0.3 is 20.3 Å². The summed E-state index contributed by atoms with van der Waals surface area (Å²) in [6.45, 7) is 0.330. The molecule has 1 saturated heterocycles. The Morgan fingerprint density at radius 1 is 1.12 bits per heavy atom. The summed E-state index contributed by atoms with van der Waals surface area (Å²) in [6.07, 6.45) is 0.436. The molecule has 4 rings (SSSR count). The predicted octanol–water partition coefficient (Wildman–Crippen LogP) is 3.66. The van der Waals surface area contributed by atoms with Gasteiger partial charge in [-0.15, -0.1) is 10.2 Å². The van der Waals surface area contributed by atoms with E-state index in [1.165, 1.54) is 23.1 Å². The minimum atomic E-state index is -0.452. The van der Waals surface area contributed by atoms with Gasteiger partial charge in [-0.05, 0) is 24.3 Å². The average molecular weight is 498 g/mol. The van der Waals surface area contributed by atoms with Gasteiger partial charge in [-0.25, -0.2) is 0 Å². The molecule has 9 nitrogen and oxygen atoms in total. The summed E-state index contributed by atoms with van der Waals surface area (Å²) in [7, 11) is 1.55. The fraction of sp³-hybridized carbons (Fsp3) is 0.261. The number of aromatic nitrogens is 2. The van der Waals surface area contributed by atoms with Crippen LogP contribution in [0.15, 0.2) is 58.9 Å². The van der Waals surface area contributed by atoms with Crippen LogP contribution in [0.25, 0.3) is 0 Å². The number of amides is 3. The SMILES string of the molecule is COc1ccccc1NC(=O)CCSc1nnc(NC(=O)C2CC(=O)N(c3ccccc3)C2)s1. The van der Waals surface area contributed by atoms with Crippen LogP contribution < -0.4 is 20.3 Å². The summed E-state index contributed by atoms with van der Waals surface area (Å²) in [6, 6.07) is 16.5. The van der Waals surface area contributed by atoms with Gasteiger partial charge in [0, 0.05) is 30.8 Å². The zero-order valence-corrected chi connectivity index (χ0v) is 20.0. The predicted molar refractivity (Wildman–Crippen MR) is 132 cm³/mol. The third-order valence-corrected chi connectivity index (χ3v) is 7.11. The maximum absolute atomic E-state index is 12.7. The van der Waals surface area contributed by atoms with Gasteiger partial charge in [0.1, 0.15) is 5.75 Å². The third-order valence-electron chi connectivity index (χ3n) is 5.14. The Hall–Kier alpha value is -3.44. The van der Waals surface area contributed by atoms with Crippen molar-refractivity contribution in [2.24, 2.45) is 5.92 Å². The van der Waals surface area contributed by atoms with Crippen molar-refractivity contribution in [1.82, 2.24) is 10.2 Å². The minimum Gasteiger partial charge on any atom is -0.495 e. The standard InChI is InChI=1S/C23H23N5O4S2/c1-32-18-10-6-5-9-17(18)24-19(29)11-12-33-23-27-26-22(34-23)25-21(31)15-13-20(30)28(14-15)16-7-3-2-4-8-16/h2-10,15H,11-14H2,1H3,(H,24,29)(H,25,26,31). The summed E-state index contributed by atoms with van der Waals surface area (Å²) in [5.41, 5.74) is 1.41. The molecule has 2 N–H and O–H groups in total. The van der Waals surface area contributed by atoms with Gasteiger partial charge in [0.25, 0.3) is 0 Å². The number of rotatable bonds is 9. The molecule has 34 heavy (non-hydrogen) atoms. The maximum atomic E-state index is 12.7. The zero-order chi connectivity index (χ0) is 23.9. The van der Waals surface area contributed by atoms with Crippen LogP contribution in [0, 0.1) is 5.92 Å².